The number of hydrogen-bond donors (Lipinski definition) is 1. The van der Waals surface area contributed by atoms with Crippen LogP contribution in [0.1, 0.15) is 6.92 Å². The minimum Gasteiger partial charge on any atom is -0.428 e. The molecule has 0 aliphatic rings. The van der Waals surface area contributed by atoms with Crippen LogP contribution in [0.5, 0.6) is 0 Å². The molecule has 2 rings (SSSR count). The molecule has 0 aliphatic carbocycles. The minimum atomic E-state index is -3.59. The number of ether oxygens (including phenoxy) is 1. The summed E-state index contributed by atoms with van der Waals surface area (Å²) < 4.78 is 34.1. The number of methoxy groups -OCH3 is 1. The van der Waals surface area contributed by atoms with Gasteiger partial charge in [-0.2, -0.15) is 4.98 Å². The molecule has 98 valence electrons. The molecule has 0 bridgehead atoms. The van der Waals surface area contributed by atoms with Crippen LogP contribution < -0.4 is 5.73 Å². The van der Waals surface area contributed by atoms with Gasteiger partial charge in [0.2, 0.25) is 9.84 Å². The van der Waals surface area contributed by atoms with Gasteiger partial charge >= 0.3 is 5.22 Å². The molecule has 1 aromatic heterocycles. The Bertz CT molecular complexity index is 663. The molecular weight excluding hydrogens is 256 g/mol. The smallest absolute Gasteiger partial charge is 0.316 e. The second kappa shape index (κ2) is 4.58. The van der Waals surface area contributed by atoms with Gasteiger partial charge in [-0.3, -0.25) is 0 Å². The highest BCUT2D eigenvalue weighted by atomic mass is 32.2. The van der Waals surface area contributed by atoms with Gasteiger partial charge in [0, 0.05) is 18.9 Å². The highest BCUT2D eigenvalue weighted by molar-refractivity contribution is 7.91. The van der Waals surface area contributed by atoms with Gasteiger partial charge < -0.3 is 14.9 Å². The first-order valence-electron chi connectivity index (χ1n) is 5.34. The Morgan fingerprint density at radius 2 is 2.22 bits per heavy atom. The molecule has 1 unspecified atom stereocenters. The number of anilines is 1. The topological polar surface area (TPSA) is 95.4 Å². The number of fused-ring (bicyclic) bond motifs is 1. The van der Waals surface area contributed by atoms with Crippen molar-refractivity contribution in [3.05, 3.63) is 18.2 Å². The van der Waals surface area contributed by atoms with Gasteiger partial charge in [-0.1, -0.05) is 0 Å². The van der Waals surface area contributed by atoms with E-state index in [1.54, 1.807) is 25.1 Å². The monoisotopic (exact) mass is 270 g/mol. The highest BCUT2D eigenvalue weighted by Gasteiger charge is 2.24. The maximum absolute atomic E-state index is 12.0. The third-order valence-corrected chi connectivity index (χ3v) is 4.13. The lowest BCUT2D eigenvalue weighted by Gasteiger charge is -2.06. The average Bonchev–Trinajstić information content (AvgIpc) is 2.71. The van der Waals surface area contributed by atoms with E-state index in [0.29, 0.717) is 16.8 Å². The standard InChI is InChI=1S/C11H14N2O4S/c1-7(16-2)6-18(14,15)11-13-9-4-3-8(12)5-10(9)17-11/h3-5,7H,6,12H2,1-2H3. The van der Waals surface area contributed by atoms with Crippen LogP contribution in [0.15, 0.2) is 27.8 Å². The molecule has 2 aromatic rings. The Morgan fingerprint density at radius 1 is 1.50 bits per heavy atom. The first kappa shape index (κ1) is 12.8. The Balaban J connectivity index is 2.42. The number of rotatable bonds is 4. The fraction of sp³-hybridized carbons (Fsp3) is 0.364. The fourth-order valence-electron chi connectivity index (χ4n) is 1.50. The summed E-state index contributed by atoms with van der Waals surface area (Å²) in [4.78, 5) is 3.95. The van der Waals surface area contributed by atoms with Gasteiger partial charge in [0.1, 0.15) is 5.52 Å². The lowest BCUT2D eigenvalue weighted by Crippen LogP contribution is -2.20. The van der Waals surface area contributed by atoms with Gasteiger partial charge in [0.15, 0.2) is 5.58 Å². The lowest BCUT2D eigenvalue weighted by molar-refractivity contribution is 0.136. The second-order valence-electron chi connectivity index (χ2n) is 4.03. The number of nitrogens with zero attached hydrogens (tertiary/aromatic N) is 1. The number of nitrogens with two attached hydrogens (primary N) is 1. The van der Waals surface area contributed by atoms with Crippen LogP contribution in [0, 0.1) is 0 Å². The van der Waals surface area contributed by atoms with Crippen molar-refractivity contribution in [3.63, 3.8) is 0 Å². The third-order valence-electron chi connectivity index (χ3n) is 2.52. The average molecular weight is 270 g/mol. The van der Waals surface area contributed by atoms with Crippen molar-refractivity contribution in [2.75, 3.05) is 18.6 Å². The van der Waals surface area contributed by atoms with Gasteiger partial charge in [-0.05, 0) is 19.1 Å². The van der Waals surface area contributed by atoms with E-state index < -0.39 is 15.9 Å². The zero-order valence-electron chi connectivity index (χ0n) is 10.1. The summed E-state index contributed by atoms with van der Waals surface area (Å²) in [6.45, 7) is 1.66. The highest BCUT2D eigenvalue weighted by Crippen LogP contribution is 2.22. The van der Waals surface area contributed by atoms with Crippen LogP contribution in [0.25, 0.3) is 11.1 Å². The molecule has 1 aromatic carbocycles. The normalized spacial score (nSPS) is 13.9. The van der Waals surface area contributed by atoms with Crippen molar-refractivity contribution in [3.8, 4) is 0 Å². The molecule has 7 heteroatoms. The SMILES string of the molecule is COC(C)CS(=O)(=O)c1nc2ccc(N)cc2o1. The van der Waals surface area contributed by atoms with Gasteiger partial charge in [-0.15, -0.1) is 0 Å². The molecule has 6 nitrogen and oxygen atoms in total. The van der Waals surface area contributed by atoms with Crippen LogP contribution in [0.4, 0.5) is 5.69 Å². The number of benzene rings is 1. The first-order valence-corrected chi connectivity index (χ1v) is 6.99. The van der Waals surface area contributed by atoms with E-state index in [9.17, 15) is 8.42 Å². The third kappa shape index (κ3) is 2.46. The summed E-state index contributed by atoms with van der Waals surface area (Å²) in [6.07, 6.45) is -0.421. The van der Waals surface area contributed by atoms with E-state index in [2.05, 4.69) is 4.98 Å². The molecular formula is C11H14N2O4S. The predicted molar refractivity (Wildman–Crippen MR) is 66.9 cm³/mol. The van der Waals surface area contributed by atoms with Crippen LogP contribution in [-0.2, 0) is 14.6 Å². The lowest BCUT2D eigenvalue weighted by atomic mass is 10.3. The van der Waals surface area contributed by atoms with Crippen molar-refractivity contribution in [1.82, 2.24) is 4.98 Å². The molecule has 0 fully saturated rings. The maximum atomic E-state index is 12.0. The predicted octanol–water partition coefficient (Wildman–Crippen LogP) is 1.22. The van der Waals surface area contributed by atoms with E-state index in [0.717, 1.165) is 0 Å². The zero-order valence-corrected chi connectivity index (χ0v) is 10.9. The molecule has 0 saturated carbocycles. The van der Waals surface area contributed by atoms with Crippen LogP contribution >= 0.6 is 0 Å². The fourth-order valence-corrected chi connectivity index (χ4v) is 2.85. The summed E-state index contributed by atoms with van der Waals surface area (Å²) in [7, 11) is -2.14. The Labute approximate surface area is 105 Å². The molecule has 18 heavy (non-hydrogen) atoms. The molecule has 0 radical (unpaired) electrons. The summed E-state index contributed by atoms with van der Waals surface area (Å²) >= 11 is 0. The molecule has 0 spiro atoms. The molecule has 2 N–H and O–H groups in total. The minimum absolute atomic E-state index is 0.175. The van der Waals surface area contributed by atoms with E-state index in [1.807, 2.05) is 0 Å². The Morgan fingerprint density at radius 3 is 2.89 bits per heavy atom. The van der Waals surface area contributed by atoms with Crippen molar-refractivity contribution in [1.29, 1.82) is 0 Å². The van der Waals surface area contributed by atoms with Crippen molar-refractivity contribution >= 4 is 26.6 Å². The van der Waals surface area contributed by atoms with Gasteiger partial charge in [0.25, 0.3) is 0 Å². The summed E-state index contributed by atoms with van der Waals surface area (Å²) in [5.41, 5.74) is 6.91. The van der Waals surface area contributed by atoms with Crippen LogP contribution in [0.3, 0.4) is 0 Å². The molecule has 1 heterocycles. The van der Waals surface area contributed by atoms with Gasteiger partial charge in [0.05, 0.1) is 11.9 Å². The molecule has 1 atom stereocenters. The first-order chi connectivity index (χ1) is 8.42. The number of aromatic nitrogens is 1. The van der Waals surface area contributed by atoms with Crippen molar-refractivity contribution in [2.24, 2.45) is 0 Å². The maximum Gasteiger partial charge on any atom is 0.316 e. The Kier molecular flexibility index (Phi) is 3.27. The van der Waals surface area contributed by atoms with Crippen LogP contribution in [0.2, 0.25) is 0 Å². The van der Waals surface area contributed by atoms with E-state index in [-0.39, 0.29) is 11.0 Å². The number of oxazole rings is 1. The summed E-state index contributed by atoms with van der Waals surface area (Å²) in [5, 5.41) is -0.299. The van der Waals surface area contributed by atoms with Crippen LogP contribution in [-0.4, -0.2) is 32.4 Å². The van der Waals surface area contributed by atoms with Gasteiger partial charge in [-0.25, -0.2) is 8.42 Å². The number of hydrogen-bond acceptors (Lipinski definition) is 6. The molecule has 0 amide bonds. The summed E-state index contributed by atoms with van der Waals surface area (Å²) in [6, 6.07) is 4.80. The van der Waals surface area contributed by atoms with E-state index >= 15 is 0 Å². The van der Waals surface area contributed by atoms with Crippen molar-refractivity contribution < 1.29 is 17.6 Å². The van der Waals surface area contributed by atoms with E-state index in [1.165, 1.54) is 7.11 Å². The number of sulfone groups is 1. The van der Waals surface area contributed by atoms with E-state index in [4.69, 9.17) is 14.9 Å². The summed E-state index contributed by atoms with van der Waals surface area (Å²) in [5.74, 6) is -0.175. The number of nitrogen functional groups attached to an aromatic ring is 1. The van der Waals surface area contributed by atoms with Crippen molar-refractivity contribution in [2.45, 2.75) is 18.3 Å². The Hall–Kier alpha value is -1.60. The second-order valence-corrected chi connectivity index (χ2v) is 5.95. The zero-order chi connectivity index (χ0) is 13.3. The largest absolute Gasteiger partial charge is 0.428 e. The molecule has 0 saturated heterocycles. The quantitative estimate of drug-likeness (QED) is 0.839. The molecule has 0 aliphatic heterocycles.